The molecule has 0 saturated heterocycles. The summed E-state index contributed by atoms with van der Waals surface area (Å²) in [7, 11) is 3.80. The van der Waals surface area contributed by atoms with E-state index in [0.717, 1.165) is 16.9 Å². The minimum Gasteiger partial charge on any atom is -0.370 e. The first-order valence-corrected chi connectivity index (χ1v) is 6.30. The van der Waals surface area contributed by atoms with Crippen molar-refractivity contribution < 1.29 is 0 Å². The van der Waals surface area contributed by atoms with Crippen molar-refractivity contribution in [1.82, 2.24) is 9.78 Å². The number of hydrogen-bond acceptors (Lipinski definition) is 3. The van der Waals surface area contributed by atoms with Gasteiger partial charge < -0.3 is 4.90 Å². The summed E-state index contributed by atoms with van der Waals surface area (Å²) in [6.07, 6.45) is 0. The van der Waals surface area contributed by atoms with E-state index < -0.39 is 0 Å². The predicted octanol–water partition coefficient (Wildman–Crippen LogP) is 2.89. The van der Waals surface area contributed by atoms with Crippen LogP contribution in [0.5, 0.6) is 0 Å². The summed E-state index contributed by atoms with van der Waals surface area (Å²) in [5.41, 5.74) is 3.57. The van der Waals surface area contributed by atoms with Crippen LogP contribution in [0.1, 0.15) is 16.8 Å². The summed E-state index contributed by atoms with van der Waals surface area (Å²) >= 11 is 6.23. The molecule has 0 amide bonds. The minimum absolute atomic E-state index is 0.651. The van der Waals surface area contributed by atoms with Crippen LogP contribution in [0.25, 0.3) is 0 Å². The van der Waals surface area contributed by atoms with Crippen LogP contribution < -0.4 is 4.90 Å². The van der Waals surface area contributed by atoms with Crippen LogP contribution in [-0.4, -0.2) is 16.8 Å². The number of aromatic nitrogens is 2. The first kappa shape index (κ1) is 13.4. The van der Waals surface area contributed by atoms with Crippen molar-refractivity contribution in [3.8, 4) is 6.07 Å². The van der Waals surface area contributed by atoms with E-state index in [1.165, 1.54) is 0 Å². The highest BCUT2D eigenvalue weighted by Crippen LogP contribution is 2.23. The Labute approximate surface area is 117 Å². The normalized spacial score (nSPS) is 10.3. The van der Waals surface area contributed by atoms with E-state index in [2.05, 4.69) is 16.1 Å². The Balaban J connectivity index is 2.25. The number of benzene rings is 1. The molecule has 98 valence electrons. The number of nitriles is 1. The van der Waals surface area contributed by atoms with Crippen molar-refractivity contribution in [2.75, 3.05) is 11.9 Å². The van der Waals surface area contributed by atoms with Gasteiger partial charge in [-0.15, -0.1) is 0 Å². The maximum atomic E-state index is 8.92. The number of rotatable bonds is 3. The fourth-order valence-corrected chi connectivity index (χ4v) is 2.23. The van der Waals surface area contributed by atoms with Gasteiger partial charge in [0.15, 0.2) is 0 Å². The molecule has 2 aromatic rings. The Bertz CT molecular complexity index is 639. The molecule has 0 bridgehead atoms. The van der Waals surface area contributed by atoms with E-state index >= 15 is 0 Å². The molecule has 0 N–H and O–H groups in total. The van der Waals surface area contributed by atoms with Crippen molar-refractivity contribution in [2.45, 2.75) is 13.5 Å². The van der Waals surface area contributed by atoms with Crippen LogP contribution in [0.15, 0.2) is 24.3 Å². The van der Waals surface area contributed by atoms with Crippen LogP contribution in [0.2, 0.25) is 5.15 Å². The van der Waals surface area contributed by atoms with E-state index in [9.17, 15) is 0 Å². The molecular weight excluding hydrogens is 260 g/mol. The zero-order valence-electron chi connectivity index (χ0n) is 11.2. The van der Waals surface area contributed by atoms with Crippen molar-refractivity contribution in [3.63, 3.8) is 0 Å². The highest BCUT2D eigenvalue weighted by Gasteiger charge is 2.13. The van der Waals surface area contributed by atoms with Gasteiger partial charge in [0.25, 0.3) is 0 Å². The molecule has 1 heterocycles. The molecule has 0 atom stereocenters. The predicted molar refractivity (Wildman–Crippen MR) is 76.2 cm³/mol. The molecule has 0 spiro atoms. The van der Waals surface area contributed by atoms with Crippen LogP contribution in [0, 0.1) is 18.3 Å². The summed E-state index contributed by atoms with van der Waals surface area (Å²) in [5, 5.41) is 13.9. The molecule has 0 saturated carbocycles. The fraction of sp³-hybridized carbons (Fsp3) is 0.286. The molecule has 2 rings (SSSR count). The lowest BCUT2D eigenvalue weighted by Gasteiger charge is -2.19. The molecule has 0 aliphatic heterocycles. The summed E-state index contributed by atoms with van der Waals surface area (Å²) in [6, 6.07) is 9.65. The summed E-state index contributed by atoms with van der Waals surface area (Å²) in [6.45, 7) is 2.61. The van der Waals surface area contributed by atoms with Gasteiger partial charge in [-0.1, -0.05) is 17.7 Å². The van der Waals surface area contributed by atoms with Crippen molar-refractivity contribution in [3.05, 3.63) is 46.2 Å². The van der Waals surface area contributed by atoms with Gasteiger partial charge in [0.1, 0.15) is 5.15 Å². The maximum absolute atomic E-state index is 8.92. The maximum Gasteiger partial charge on any atom is 0.131 e. The van der Waals surface area contributed by atoms with Gasteiger partial charge in [-0.25, -0.2) is 0 Å². The third-order valence-electron chi connectivity index (χ3n) is 3.08. The molecule has 19 heavy (non-hydrogen) atoms. The summed E-state index contributed by atoms with van der Waals surface area (Å²) in [4.78, 5) is 2.05. The second-order valence-electron chi connectivity index (χ2n) is 4.50. The number of aryl methyl sites for hydroxylation is 2. The van der Waals surface area contributed by atoms with E-state index in [4.69, 9.17) is 16.9 Å². The second kappa shape index (κ2) is 5.33. The van der Waals surface area contributed by atoms with Crippen molar-refractivity contribution >= 4 is 17.3 Å². The zero-order valence-corrected chi connectivity index (χ0v) is 11.9. The molecule has 4 nitrogen and oxygen atoms in total. The highest BCUT2D eigenvalue weighted by molar-refractivity contribution is 6.30. The largest absolute Gasteiger partial charge is 0.370 e. The Kier molecular flexibility index (Phi) is 3.77. The SMILES string of the molecule is Cc1nn(C)c(Cl)c1CN(C)c1cccc(C#N)c1. The Morgan fingerprint density at radius 2 is 2.21 bits per heavy atom. The lowest BCUT2D eigenvalue weighted by molar-refractivity contribution is 0.757. The van der Waals surface area contributed by atoms with E-state index in [1.807, 2.05) is 39.2 Å². The monoisotopic (exact) mass is 274 g/mol. The lowest BCUT2D eigenvalue weighted by atomic mass is 10.2. The van der Waals surface area contributed by atoms with Crippen LogP contribution in [0.4, 0.5) is 5.69 Å². The number of halogens is 1. The average molecular weight is 275 g/mol. The highest BCUT2D eigenvalue weighted by atomic mass is 35.5. The van der Waals surface area contributed by atoms with Gasteiger partial charge in [-0.2, -0.15) is 10.4 Å². The number of hydrogen-bond donors (Lipinski definition) is 0. The third-order valence-corrected chi connectivity index (χ3v) is 3.55. The lowest BCUT2D eigenvalue weighted by Crippen LogP contribution is -2.17. The summed E-state index contributed by atoms with van der Waals surface area (Å²) in [5.74, 6) is 0. The number of anilines is 1. The zero-order chi connectivity index (χ0) is 14.0. The fourth-order valence-electron chi connectivity index (χ4n) is 1.99. The first-order chi connectivity index (χ1) is 9.02. The molecule has 1 aromatic carbocycles. The van der Waals surface area contributed by atoms with Crippen LogP contribution >= 0.6 is 11.6 Å². The topological polar surface area (TPSA) is 44.9 Å². The molecule has 5 heteroatoms. The van der Waals surface area contributed by atoms with Gasteiger partial charge in [-0.05, 0) is 25.1 Å². The quantitative estimate of drug-likeness (QED) is 0.864. The molecular formula is C14H15ClN4. The first-order valence-electron chi connectivity index (χ1n) is 5.92. The van der Waals surface area contributed by atoms with Gasteiger partial charge in [0.2, 0.25) is 0 Å². The Hall–Kier alpha value is -1.99. The van der Waals surface area contributed by atoms with E-state index in [0.29, 0.717) is 17.3 Å². The van der Waals surface area contributed by atoms with Gasteiger partial charge in [0, 0.05) is 31.9 Å². The standard InChI is InChI=1S/C14H15ClN4/c1-10-13(14(15)19(3)17-10)9-18(2)12-6-4-5-11(7-12)8-16/h4-7H,9H2,1-3H3. The van der Waals surface area contributed by atoms with Gasteiger partial charge in [0.05, 0.1) is 17.3 Å². The third kappa shape index (κ3) is 2.72. The van der Waals surface area contributed by atoms with E-state index in [-0.39, 0.29) is 0 Å². The molecule has 0 fully saturated rings. The summed E-state index contributed by atoms with van der Waals surface area (Å²) < 4.78 is 1.67. The van der Waals surface area contributed by atoms with Crippen molar-refractivity contribution in [1.29, 1.82) is 5.26 Å². The number of nitrogens with zero attached hydrogens (tertiary/aromatic N) is 4. The Morgan fingerprint density at radius 3 is 2.79 bits per heavy atom. The second-order valence-corrected chi connectivity index (χ2v) is 4.85. The Morgan fingerprint density at radius 1 is 1.47 bits per heavy atom. The molecule has 1 aromatic heterocycles. The molecule has 0 radical (unpaired) electrons. The molecule has 0 aliphatic carbocycles. The molecule has 0 aliphatic rings. The smallest absolute Gasteiger partial charge is 0.131 e. The van der Waals surface area contributed by atoms with Gasteiger partial charge >= 0.3 is 0 Å². The van der Waals surface area contributed by atoms with E-state index in [1.54, 1.807) is 10.7 Å². The van der Waals surface area contributed by atoms with Crippen molar-refractivity contribution in [2.24, 2.45) is 7.05 Å². The average Bonchev–Trinajstić information content (AvgIpc) is 2.65. The minimum atomic E-state index is 0.651. The van der Waals surface area contributed by atoms with Crippen LogP contribution in [-0.2, 0) is 13.6 Å². The van der Waals surface area contributed by atoms with Crippen LogP contribution in [0.3, 0.4) is 0 Å². The van der Waals surface area contributed by atoms with Gasteiger partial charge in [-0.3, -0.25) is 4.68 Å². The molecule has 0 unspecified atom stereocenters.